The number of hydrogen-bond donors (Lipinski definition) is 0. The smallest absolute Gasteiger partial charge is 0.121 e. The maximum Gasteiger partial charge on any atom is 0.121 e. The number of ether oxygens (including phenoxy) is 1. The fourth-order valence-corrected chi connectivity index (χ4v) is 3.60. The summed E-state index contributed by atoms with van der Waals surface area (Å²) in [5, 5.41) is 0. The van der Waals surface area contributed by atoms with E-state index < -0.39 is 0 Å². The average molecular weight is 286 g/mol. The Morgan fingerprint density at radius 3 is 1.91 bits per heavy atom. The van der Waals surface area contributed by atoms with E-state index in [-0.39, 0.29) is 0 Å². The molecule has 4 rings (SSSR count). The maximum absolute atomic E-state index is 5.40. The lowest BCUT2D eigenvalue weighted by Gasteiger charge is -2.16. The highest BCUT2D eigenvalue weighted by molar-refractivity contribution is 5.80. The van der Waals surface area contributed by atoms with Gasteiger partial charge in [-0.2, -0.15) is 0 Å². The van der Waals surface area contributed by atoms with Crippen molar-refractivity contribution in [3.8, 4) is 16.9 Å². The van der Waals surface area contributed by atoms with Crippen LogP contribution in [0.5, 0.6) is 5.75 Å². The molecule has 1 heteroatoms. The Kier molecular flexibility index (Phi) is 3.00. The zero-order chi connectivity index (χ0) is 15.1. The molecule has 108 valence electrons. The van der Waals surface area contributed by atoms with E-state index in [1.807, 2.05) is 0 Å². The molecule has 0 atom stereocenters. The van der Waals surface area contributed by atoms with Crippen LogP contribution in [0.25, 0.3) is 11.1 Å². The summed E-state index contributed by atoms with van der Waals surface area (Å²) in [4.78, 5) is 0. The molecule has 0 aromatic heterocycles. The minimum absolute atomic E-state index is 0.317. The van der Waals surface area contributed by atoms with Crippen LogP contribution >= 0.6 is 0 Å². The number of hydrogen-bond acceptors (Lipinski definition) is 1. The Balaban J connectivity index is 1.93. The summed E-state index contributed by atoms with van der Waals surface area (Å²) >= 11 is 0. The molecule has 0 unspecified atom stereocenters. The Bertz CT molecular complexity index is 803. The largest absolute Gasteiger partial charge is 0.496 e. The molecule has 0 spiro atoms. The van der Waals surface area contributed by atoms with Crippen LogP contribution in [-0.4, -0.2) is 7.11 Å². The summed E-state index contributed by atoms with van der Waals surface area (Å²) in [6.45, 7) is 2.11. The van der Waals surface area contributed by atoms with Gasteiger partial charge < -0.3 is 4.74 Å². The van der Waals surface area contributed by atoms with Gasteiger partial charge in [-0.05, 0) is 46.4 Å². The van der Waals surface area contributed by atoms with Gasteiger partial charge in [0.1, 0.15) is 5.75 Å². The molecule has 0 fully saturated rings. The Morgan fingerprint density at radius 1 is 0.773 bits per heavy atom. The van der Waals surface area contributed by atoms with Crippen molar-refractivity contribution in [1.82, 2.24) is 0 Å². The van der Waals surface area contributed by atoms with Crippen LogP contribution in [0.1, 0.15) is 28.2 Å². The van der Waals surface area contributed by atoms with Gasteiger partial charge in [0.25, 0.3) is 0 Å². The van der Waals surface area contributed by atoms with Crippen molar-refractivity contribution in [2.75, 3.05) is 7.11 Å². The second-order valence-electron chi connectivity index (χ2n) is 5.84. The molecular formula is C21H18O. The Labute approximate surface area is 131 Å². The number of methoxy groups -OCH3 is 1. The zero-order valence-electron chi connectivity index (χ0n) is 12.8. The summed E-state index contributed by atoms with van der Waals surface area (Å²) in [7, 11) is 1.72. The number of benzene rings is 3. The van der Waals surface area contributed by atoms with Crippen LogP contribution in [0, 0.1) is 6.92 Å². The molecule has 0 radical (unpaired) electrons. The molecule has 0 saturated heterocycles. The normalized spacial score (nSPS) is 12.8. The second kappa shape index (κ2) is 5.03. The summed E-state index contributed by atoms with van der Waals surface area (Å²) < 4.78 is 5.40. The highest BCUT2D eigenvalue weighted by Crippen LogP contribution is 2.48. The minimum atomic E-state index is 0.317. The molecule has 0 bridgehead atoms. The van der Waals surface area contributed by atoms with Gasteiger partial charge in [0.05, 0.1) is 7.11 Å². The summed E-state index contributed by atoms with van der Waals surface area (Å²) in [6.07, 6.45) is 0. The monoisotopic (exact) mass is 286 g/mol. The molecule has 0 N–H and O–H groups in total. The molecule has 1 aliphatic rings. The van der Waals surface area contributed by atoms with Crippen molar-refractivity contribution < 1.29 is 4.74 Å². The van der Waals surface area contributed by atoms with E-state index in [0.29, 0.717) is 5.92 Å². The van der Waals surface area contributed by atoms with Gasteiger partial charge in [-0.3, -0.25) is 0 Å². The van der Waals surface area contributed by atoms with E-state index >= 15 is 0 Å². The standard InChI is InChI=1S/C21H18O/c1-14-13-15(11-12-20(14)22-2)21-18-9-5-3-7-16(18)17-8-4-6-10-19(17)21/h3-13,21H,1-2H3. The highest BCUT2D eigenvalue weighted by Gasteiger charge is 2.29. The highest BCUT2D eigenvalue weighted by atomic mass is 16.5. The van der Waals surface area contributed by atoms with E-state index in [9.17, 15) is 0 Å². The SMILES string of the molecule is COc1ccc(C2c3ccccc3-c3ccccc32)cc1C. The number of aryl methyl sites for hydroxylation is 1. The molecular weight excluding hydrogens is 268 g/mol. The summed E-state index contributed by atoms with van der Waals surface area (Å²) in [5.41, 5.74) is 8.02. The second-order valence-corrected chi connectivity index (χ2v) is 5.84. The zero-order valence-corrected chi connectivity index (χ0v) is 12.8. The third-order valence-corrected chi connectivity index (χ3v) is 4.59. The van der Waals surface area contributed by atoms with Crippen molar-refractivity contribution >= 4 is 0 Å². The van der Waals surface area contributed by atoms with Gasteiger partial charge in [0.2, 0.25) is 0 Å². The molecule has 1 nitrogen and oxygen atoms in total. The first-order valence-electron chi connectivity index (χ1n) is 7.62. The molecule has 1 aliphatic carbocycles. The molecule has 0 heterocycles. The molecule has 3 aromatic carbocycles. The van der Waals surface area contributed by atoms with Gasteiger partial charge >= 0.3 is 0 Å². The number of fused-ring (bicyclic) bond motifs is 3. The first-order chi connectivity index (χ1) is 10.8. The van der Waals surface area contributed by atoms with Crippen LogP contribution < -0.4 is 4.74 Å². The first-order valence-corrected chi connectivity index (χ1v) is 7.62. The quantitative estimate of drug-likeness (QED) is 0.494. The van der Waals surface area contributed by atoms with Crippen LogP contribution in [0.3, 0.4) is 0 Å². The van der Waals surface area contributed by atoms with Gasteiger partial charge in [0.15, 0.2) is 0 Å². The molecule has 22 heavy (non-hydrogen) atoms. The van der Waals surface area contributed by atoms with Crippen molar-refractivity contribution in [2.24, 2.45) is 0 Å². The van der Waals surface area contributed by atoms with Gasteiger partial charge in [0, 0.05) is 5.92 Å². The van der Waals surface area contributed by atoms with Crippen LogP contribution in [0.15, 0.2) is 66.7 Å². The molecule has 0 amide bonds. The Hall–Kier alpha value is -2.54. The van der Waals surface area contributed by atoms with E-state index in [2.05, 4.69) is 73.7 Å². The van der Waals surface area contributed by atoms with E-state index in [4.69, 9.17) is 4.74 Å². The van der Waals surface area contributed by atoms with Crippen LogP contribution in [-0.2, 0) is 0 Å². The van der Waals surface area contributed by atoms with Crippen LogP contribution in [0.2, 0.25) is 0 Å². The van der Waals surface area contributed by atoms with Gasteiger partial charge in [-0.15, -0.1) is 0 Å². The Morgan fingerprint density at radius 2 is 1.36 bits per heavy atom. The fourth-order valence-electron chi connectivity index (χ4n) is 3.60. The van der Waals surface area contributed by atoms with Gasteiger partial charge in [-0.1, -0.05) is 60.7 Å². The van der Waals surface area contributed by atoms with Crippen LogP contribution in [0.4, 0.5) is 0 Å². The maximum atomic E-state index is 5.40. The lowest BCUT2D eigenvalue weighted by atomic mass is 9.88. The van der Waals surface area contributed by atoms with Gasteiger partial charge in [-0.25, -0.2) is 0 Å². The number of rotatable bonds is 2. The summed E-state index contributed by atoms with van der Waals surface area (Å²) in [6, 6.07) is 24.0. The lowest BCUT2D eigenvalue weighted by molar-refractivity contribution is 0.411. The minimum Gasteiger partial charge on any atom is -0.496 e. The molecule has 3 aromatic rings. The molecule has 0 saturated carbocycles. The van der Waals surface area contributed by atoms with Crippen molar-refractivity contribution in [1.29, 1.82) is 0 Å². The van der Waals surface area contributed by atoms with Crippen molar-refractivity contribution in [3.05, 3.63) is 89.0 Å². The topological polar surface area (TPSA) is 9.23 Å². The predicted molar refractivity (Wildman–Crippen MR) is 90.6 cm³/mol. The summed E-state index contributed by atoms with van der Waals surface area (Å²) in [5.74, 6) is 1.26. The van der Waals surface area contributed by atoms with E-state index in [0.717, 1.165) is 5.75 Å². The lowest BCUT2D eigenvalue weighted by Crippen LogP contribution is -2.00. The third-order valence-electron chi connectivity index (χ3n) is 4.59. The van der Waals surface area contributed by atoms with E-state index in [1.54, 1.807) is 7.11 Å². The third kappa shape index (κ3) is 1.86. The van der Waals surface area contributed by atoms with E-state index in [1.165, 1.54) is 33.4 Å². The first kappa shape index (κ1) is 13.1. The van der Waals surface area contributed by atoms with Crippen molar-refractivity contribution in [3.63, 3.8) is 0 Å². The predicted octanol–water partition coefficient (Wildman–Crippen LogP) is 5.16. The van der Waals surface area contributed by atoms with Crippen molar-refractivity contribution in [2.45, 2.75) is 12.8 Å². The average Bonchev–Trinajstić information content (AvgIpc) is 2.89. The molecule has 0 aliphatic heterocycles. The fraction of sp³-hybridized carbons (Fsp3) is 0.143.